The number of aromatic nitrogens is 1. The van der Waals surface area contributed by atoms with Gasteiger partial charge >= 0.3 is 0 Å². The molecule has 3 nitrogen and oxygen atoms in total. The molecule has 2 rings (SSSR count). The molecular weight excluding hydrogens is 256 g/mol. The number of ether oxygens (including phenoxy) is 1. The zero-order valence-electron chi connectivity index (χ0n) is 9.66. The van der Waals surface area contributed by atoms with Crippen LogP contribution >= 0.6 is 22.9 Å². The summed E-state index contributed by atoms with van der Waals surface area (Å²) in [5.41, 5.74) is 7.63. The SMILES string of the molecule is Cc1cc(Cl)cc(C)c1OCc1cnc(N)s1. The number of nitrogen functional groups attached to an aromatic ring is 1. The Labute approximate surface area is 109 Å². The van der Waals surface area contributed by atoms with Crippen LogP contribution in [0.25, 0.3) is 0 Å². The summed E-state index contributed by atoms with van der Waals surface area (Å²) in [7, 11) is 0. The van der Waals surface area contributed by atoms with Crippen molar-refractivity contribution >= 4 is 28.1 Å². The number of benzene rings is 1. The van der Waals surface area contributed by atoms with Gasteiger partial charge in [-0.1, -0.05) is 22.9 Å². The van der Waals surface area contributed by atoms with E-state index in [0.29, 0.717) is 11.7 Å². The van der Waals surface area contributed by atoms with Gasteiger partial charge in [0.15, 0.2) is 5.13 Å². The molecule has 1 aromatic heterocycles. The van der Waals surface area contributed by atoms with Crippen LogP contribution < -0.4 is 10.5 Å². The van der Waals surface area contributed by atoms with Crippen LogP contribution in [0.3, 0.4) is 0 Å². The van der Waals surface area contributed by atoms with Crippen molar-refractivity contribution in [2.24, 2.45) is 0 Å². The lowest BCUT2D eigenvalue weighted by Crippen LogP contribution is -1.97. The van der Waals surface area contributed by atoms with Crippen LogP contribution in [0.1, 0.15) is 16.0 Å². The zero-order chi connectivity index (χ0) is 12.4. The van der Waals surface area contributed by atoms with E-state index in [0.717, 1.165) is 26.8 Å². The minimum Gasteiger partial charge on any atom is -0.487 e. The number of halogens is 1. The molecule has 0 saturated carbocycles. The molecule has 0 bridgehead atoms. The van der Waals surface area contributed by atoms with Crippen LogP contribution in [-0.2, 0) is 6.61 Å². The maximum Gasteiger partial charge on any atom is 0.180 e. The number of rotatable bonds is 3. The summed E-state index contributed by atoms with van der Waals surface area (Å²) in [6.45, 7) is 4.45. The number of hydrogen-bond acceptors (Lipinski definition) is 4. The molecule has 2 aromatic rings. The molecule has 0 radical (unpaired) electrons. The van der Waals surface area contributed by atoms with E-state index in [1.165, 1.54) is 11.3 Å². The van der Waals surface area contributed by atoms with E-state index in [1.54, 1.807) is 6.20 Å². The van der Waals surface area contributed by atoms with Crippen LogP contribution in [0.2, 0.25) is 5.02 Å². The predicted molar refractivity (Wildman–Crippen MR) is 71.8 cm³/mol. The molecule has 0 aliphatic carbocycles. The second-order valence-corrected chi connectivity index (χ2v) is 5.41. The molecule has 5 heteroatoms. The van der Waals surface area contributed by atoms with Crippen molar-refractivity contribution in [1.29, 1.82) is 0 Å². The summed E-state index contributed by atoms with van der Waals surface area (Å²) >= 11 is 7.40. The van der Waals surface area contributed by atoms with Gasteiger partial charge in [0.25, 0.3) is 0 Å². The van der Waals surface area contributed by atoms with E-state index in [2.05, 4.69) is 4.98 Å². The van der Waals surface area contributed by atoms with Gasteiger partial charge < -0.3 is 10.5 Å². The molecule has 2 N–H and O–H groups in total. The van der Waals surface area contributed by atoms with E-state index in [1.807, 2.05) is 26.0 Å². The smallest absolute Gasteiger partial charge is 0.180 e. The van der Waals surface area contributed by atoms with Crippen molar-refractivity contribution in [1.82, 2.24) is 4.98 Å². The monoisotopic (exact) mass is 268 g/mol. The van der Waals surface area contributed by atoms with Gasteiger partial charge in [0.05, 0.1) is 4.88 Å². The predicted octanol–water partition coefficient (Wildman–Crippen LogP) is 3.57. The molecule has 0 saturated heterocycles. The average Bonchev–Trinajstić information content (AvgIpc) is 2.62. The van der Waals surface area contributed by atoms with E-state index in [9.17, 15) is 0 Å². The summed E-state index contributed by atoms with van der Waals surface area (Å²) in [4.78, 5) is 4.99. The molecule has 0 aliphatic rings. The van der Waals surface area contributed by atoms with Gasteiger partial charge in [-0.15, -0.1) is 0 Å². The first-order valence-corrected chi connectivity index (χ1v) is 6.35. The lowest BCUT2D eigenvalue weighted by atomic mass is 10.1. The van der Waals surface area contributed by atoms with Gasteiger partial charge in [-0.05, 0) is 37.1 Å². The highest BCUT2D eigenvalue weighted by atomic mass is 35.5. The van der Waals surface area contributed by atoms with Crippen LogP contribution in [0.4, 0.5) is 5.13 Å². The van der Waals surface area contributed by atoms with E-state index >= 15 is 0 Å². The van der Waals surface area contributed by atoms with Crippen molar-refractivity contribution < 1.29 is 4.74 Å². The van der Waals surface area contributed by atoms with Crippen molar-refractivity contribution in [2.45, 2.75) is 20.5 Å². The average molecular weight is 269 g/mol. The number of hydrogen-bond donors (Lipinski definition) is 1. The normalized spacial score (nSPS) is 10.5. The van der Waals surface area contributed by atoms with Crippen molar-refractivity contribution in [3.63, 3.8) is 0 Å². The number of thiazole rings is 1. The second kappa shape index (κ2) is 4.94. The van der Waals surface area contributed by atoms with Gasteiger partial charge in [-0.3, -0.25) is 0 Å². The van der Waals surface area contributed by atoms with Gasteiger partial charge in [0.2, 0.25) is 0 Å². The maximum absolute atomic E-state index is 5.96. The van der Waals surface area contributed by atoms with Crippen molar-refractivity contribution in [2.75, 3.05) is 5.73 Å². The molecule has 1 aromatic carbocycles. The summed E-state index contributed by atoms with van der Waals surface area (Å²) in [5.74, 6) is 0.876. The fourth-order valence-corrected chi connectivity index (χ4v) is 2.58. The second-order valence-electron chi connectivity index (χ2n) is 3.82. The Hall–Kier alpha value is -1.26. The first kappa shape index (κ1) is 12.2. The standard InChI is InChI=1S/C12H13ClN2OS/c1-7-3-9(13)4-8(2)11(7)16-6-10-5-15-12(14)17-10/h3-5H,6H2,1-2H3,(H2,14,15). The van der Waals surface area contributed by atoms with Gasteiger partial charge in [0.1, 0.15) is 12.4 Å². The Bertz CT molecular complexity index is 516. The minimum absolute atomic E-state index is 0.484. The van der Waals surface area contributed by atoms with E-state index in [4.69, 9.17) is 22.1 Å². The number of nitrogens with zero attached hydrogens (tertiary/aromatic N) is 1. The Morgan fingerprint density at radius 3 is 2.53 bits per heavy atom. The largest absolute Gasteiger partial charge is 0.487 e. The first-order valence-electron chi connectivity index (χ1n) is 5.16. The van der Waals surface area contributed by atoms with Gasteiger partial charge in [-0.25, -0.2) is 4.98 Å². The van der Waals surface area contributed by atoms with E-state index in [-0.39, 0.29) is 0 Å². The highest BCUT2D eigenvalue weighted by molar-refractivity contribution is 7.15. The minimum atomic E-state index is 0.484. The highest BCUT2D eigenvalue weighted by Crippen LogP contribution is 2.28. The molecular formula is C12H13ClN2OS. The van der Waals surface area contributed by atoms with Crippen LogP contribution in [0, 0.1) is 13.8 Å². The summed E-state index contributed by atoms with van der Waals surface area (Å²) in [6, 6.07) is 3.79. The Balaban J connectivity index is 2.14. The van der Waals surface area contributed by atoms with Crippen LogP contribution in [-0.4, -0.2) is 4.98 Å². The van der Waals surface area contributed by atoms with Gasteiger partial charge in [0, 0.05) is 11.2 Å². The molecule has 0 aliphatic heterocycles. The molecule has 17 heavy (non-hydrogen) atoms. The summed E-state index contributed by atoms with van der Waals surface area (Å²) < 4.78 is 5.78. The van der Waals surface area contributed by atoms with Crippen molar-refractivity contribution in [3.8, 4) is 5.75 Å². The van der Waals surface area contributed by atoms with Gasteiger partial charge in [-0.2, -0.15) is 0 Å². The third-order valence-electron chi connectivity index (χ3n) is 2.36. The third kappa shape index (κ3) is 2.90. The number of nitrogens with two attached hydrogens (primary N) is 1. The molecule has 0 amide bonds. The topological polar surface area (TPSA) is 48.1 Å². The fraction of sp³-hybridized carbons (Fsp3) is 0.250. The molecule has 0 spiro atoms. The van der Waals surface area contributed by atoms with Crippen molar-refractivity contribution in [3.05, 3.63) is 39.4 Å². The van der Waals surface area contributed by atoms with E-state index < -0.39 is 0 Å². The molecule has 0 atom stereocenters. The lowest BCUT2D eigenvalue weighted by Gasteiger charge is -2.11. The summed E-state index contributed by atoms with van der Waals surface area (Å²) in [6.07, 6.45) is 1.74. The fourth-order valence-electron chi connectivity index (χ4n) is 1.66. The maximum atomic E-state index is 5.96. The quantitative estimate of drug-likeness (QED) is 0.926. The Kier molecular flexibility index (Phi) is 3.54. The Morgan fingerprint density at radius 1 is 1.35 bits per heavy atom. The molecule has 0 unspecified atom stereocenters. The molecule has 0 fully saturated rings. The molecule has 90 valence electrons. The number of anilines is 1. The number of aryl methyl sites for hydroxylation is 2. The Morgan fingerprint density at radius 2 is 2.00 bits per heavy atom. The van der Waals surface area contributed by atoms with Crippen LogP contribution in [0.15, 0.2) is 18.3 Å². The lowest BCUT2D eigenvalue weighted by molar-refractivity contribution is 0.305. The van der Waals surface area contributed by atoms with Crippen LogP contribution in [0.5, 0.6) is 5.75 Å². The first-order chi connectivity index (χ1) is 8.06. The summed E-state index contributed by atoms with van der Waals surface area (Å²) in [5, 5.41) is 1.29. The highest BCUT2D eigenvalue weighted by Gasteiger charge is 2.07. The zero-order valence-corrected chi connectivity index (χ0v) is 11.2. The third-order valence-corrected chi connectivity index (χ3v) is 3.37. The molecule has 1 heterocycles.